The van der Waals surface area contributed by atoms with Crippen LogP contribution >= 0.6 is 0 Å². The molecule has 54 heavy (non-hydrogen) atoms. The van der Waals surface area contributed by atoms with Gasteiger partial charge in [0.1, 0.15) is 18.1 Å². The number of carbonyl (C=O) groups is 2. The van der Waals surface area contributed by atoms with Gasteiger partial charge in [-0.3, -0.25) is 9.59 Å². The van der Waals surface area contributed by atoms with Gasteiger partial charge in [0.05, 0.1) is 17.7 Å². The van der Waals surface area contributed by atoms with Crippen LogP contribution in [0.15, 0.2) is 108 Å². The summed E-state index contributed by atoms with van der Waals surface area (Å²) in [7, 11) is 0. The lowest BCUT2D eigenvalue weighted by atomic mass is 9.98. The van der Waals surface area contributed by atoms with Crippen molar-refractivity contribution in [1.29, 1.82) is 0 Å². The van der Waals surface area contributed by atoms with Gasteiger partial charge in [-0.2, -0.15) is 0 Å². The van der Waals surface area contributed by atoms with Crippen LogP contribution in [-0.2, 0) is 11.3 Å². The molecule has 0 bridgehead atoms. The van der Waals surface area contributed by atoms with Gasteiger partial charge in [0.2, 0.25) is 5.56 Å². The van der Waals surface area contributed by atoms with Crippen LogP contribution < -0.4 is 20.9 Å². The molecule has 2 atom stereocenters. The molecule has 12 nitrogen and oxygen atoms in total. The van der Waals surface area contributed by atoms with E-state index in [-0.39, 0.29) is 35.9 Å². The van der Waals surface area contributed by atoms with Crippen LogP contribution in [-0.4, -0.2) is 76.6 Å². The van der Waals surface area contributed by atoms with Crippen molar-refractivity contribution in [2.75, 3.05) is 39.4 Å². The van der Waals surface area contributed by atoms with E-state index < -0.39 is 18.2 Å². The summed E-state index contributed by atoms with van der Waals surface area (Å²) in [6.45, 7) is 3.63. The first-order chi connectivity index (χ1) is 26.2. The number of nitrogens with one attached hydrogen (secondary N) is 3. The van der Waals surface area contributed by atoms with E-state index >= 15 is 0 Å². The predicted molar refractivity (Wildman–Crippen MR) is 205 cm³/mol. The zero-order valence-electron chi connectivity index (χ0n) is 29.9. The third kappa shape index (κ3) is 10.0. The monoisotopic (exact) mass is 734 g/mol. The van der Waals surface area contributed by atoms with Crippen molar-refractivity contribution in [2.45, 2.75) is 38.0 Å². The van der Waals surface area contributed by atoms with Crippen molar-refractivity contribution in [1.82, 2.24) is 20.5 Å². The number of aromatic nitrogens is 1. The molecule has 1 aliphatic heterocycles. The molecular formula is C42H46N4O8. The molecular weight excluding hydrogens is 688 g/mol. The Balaban J connectivity index is 1.04. The van der Waals surface area contributed by atoms with Gasteiger partial charge >= 0.3 is 6.09 Å². The standard InChI is InChI=1S/C42H46N4O8/c47-36-16-14-34(35-15-17-38(49)44-40(35)36)37(48)25-43-20-5-21-46(26-28-18-22-53-23-19-28)41(50)31-12-10-29(11-13-31)27-54-33-9-4-8-32(24-33)39(45-42(51)52)30-6-2-1-3-7-30/h1-4,6-17,24,28,37,39,43,45,47-48H,5,18-23,25-27H2,(H,44,49)(H,51,52)/t37-,39?/m1/s1. The Morgan fingerprint density at radius 3 is 2.44 bits per heavy atom. The maximum atomic E-state index is 13.8. The minimum Gasteiger partial charge on any atom is -0.506 e. The van der Waals surface area contributed by atoms with E-state index in [0.717, 1.165) is 29.5 Å². The van der Waals surface area contributed by atoms with Gasteiger partial charge in [-0.25, -0.2) is 4.79 Å². The number of benzene rings is 4. The molecule has 4 aromatic carbocycles. The number of phenolic OH excluding ortho intramolecular Hbond substituents is 1. The zero-order chi connectivity index (χ0) is 37.9. The summed E-state index contributed by atoms with van der Waals surface area (Å²) in [6, 6.07) is 29.6. The maximum absolute atomic E-state index is 13.8. The first-order valence-electron chi connectivity index (χ1n) is 18.2. The van der Waals surface area contributed by atoms with Crippen molar-refractivity contribution < 1.29 is 34.4 Å². The van der Waals surface area contributed by atoms with Gasteiger partial charge in [0.25, 0.3) is 5.91 Å². The number of aliphatic hydroxyl groups is 1. The number of carbonyl (C=O) groups excluding carboxylic acids is 1. The number of aromatic hydroxyl groups is 1. The highest BCUT2D eigenvalue weighted by Gasteiger charge is 2.23. The summed E-state index contributed by atoms with van der Waals surface area (Å²) in [6.07, 6.45) is 0.477. The van der Waals surface area contributed by atoms with Crippen molar-refractivity contribution >= 4 is 22.9 Å². The van der Waals surface area contributed by atoms with E-state index in [2.05, 4.69) is 15.6 Å². The fraction of sp³-hybridized carbons (Fsp3) is 0.310. The predicted octanol–water partition coefficient (Wildman–Crippen LogP) is 5.75. The molecule has 1 aliphatic rings. The lowest BCUT2D eigenvalue weighted by Crippen LogP contribution is -2.39. The Hall–Kier alpha value is -5.69. The highest BCUT2D eigenvalue weighted by molar-refractivity contribution is 5.94. The summed E-state index contributed by atoms with van der Waals surface area (Å²) >= 11 is 0. The molecule has 1 unspecified atom stereocenters. The molecule has 0 aliphatic carbocycles. The van der Waals surface area contributed by atoms with Gasteiger partial charge in [-0.05, 0) is 90.4 Å². The molecule has 1 aromatic heterocycles. The summed E-state index contributed by atoms with van der Waals surface area (Å²) < 4.78 is 11.6. The average molecular weight is 735 g/mol. The van der Waals surface area contributed by atoms with E-state index in [4.69, 9.17) is 9.47 Å². The number of carboxylic acid groups (broad SMARTS) is 1. The van der Waals surface area contributed by atoms with Crippen LogP contribution in [0.3, 0.4) is 0 Å². The minimum atomic E-state index is -1.12. The van der Waals surface area contributed by atoms with Crippen LogP contribution in [0.4, 0.5) is 4.79 Å². The van der Waals surface area contributed by atoms with Crippen LogP contribution in [0.25, 0.3) is 10.9 Å². The third-order valence-electron chi connectivity index (χ3n) is 9.69. The second-order valence-corrected chi connectivity index (χ2v) is 13.5. The minimum absolute atomic E-state index is 0.0517. The number of pyridine rings is 1. The number of ether oxygens (including phenoxy) is 2. The van der Waals surface area contributed by atoms with Gasteiger partial charge in [0, 0.05) is 49.9 Å². The van der Waals surface area contributed by atoms with Crippen LogP contribution in [0.1, 0.15) is 64.0 Å². The smallest absolute Gasteiger partial charge is 0.405 e. The zero-order valence-corrected chi connectivity index (χ0v) is 29.9. The molecule has 1 fully saturated rings. The molecule has 6 rings (SSSR count). The van der Waals surface area contributed by atoms with Crippen molar-refractivity contribution in [3.8, 4) is 11.5 Å². The number of phenols is 1. The summed E-state index contributed by atoms with van der Waals surface area (Å²) in [5.74, 6) is 0.833. The van der Waals surface area contributed by atoms with E-state index in [1.807, 2.05) is 83.8 Å². The number of hydrogen-bond acceptors (Lipinski definition) is 8. The first-order valence-corrected chi connectivity index (χ1v) is 18.2. The normalized spacial score (nSPS) is 14.3. The molecule has 0 saturated carbocycles. The first kappa shape index (κ1) is 38.0. The average Bonchev–Trinajstić information content (AvgIpc) is 3.19. The van der Waals surface area contributed by atoms with E-state index in [9.17, 15) is 29.7 Å². The Kier molecular flexibility index (Phi) is 12.9. The molecule has 0 radical (unpaired) electrons. The van der Waals surface area contributed by atoms with Crippen molar-refractivity contribution in [3.63, 3.8) is 0 Å². The number of nitrogens with zero attached hydrogens (tertiary/aromatic N) is 1. The topological polar surface area (TPSA) is 173 Å². The number of amides is 2. The Morgan fingerprint density at radius 2 is 1.69 bits per heavy atom. The fourth-order valence-electron chi connectivity index (χ4n) is 6.81. The summed E-state index contributed by atoms with van der Waals surface area (Å²) in [5.41, 5.74) is 3.58. The Bertz CT molecular complexity index is 2070. The molecule has 1 saturated heterocycles. The van der Waals surface area contributed by atoms with Gasteiger partial charge in [-0.1, -0.05) is 60.7 Å². The number of aromatic amines is 1. The molecule has 282 valence electrons. The lowest BCUT2D eigenvalue weighted by Gasteiger charge is -2.30. The van der Waals surface area contributed by atoms with Gasteiger partial charge in [-0.15, -0.1) is 0 Å². The maximum Gasteiger partial charge on any atom is 0.405 e. The number of hydrogen-bond donors (Lipinski definition) is 6. The van der Waals surface area contributed by atoms with E-state index in [0.29, 0.717) is 67.4 Å². The van der Waals surface area contributed by atoms with Crippen LogP contribution in [0.5, 0.6) is 11.5 Å². The SMILES string of the molecule is O=C(O)NC(c1ccccc1)c1cccc(OCc2ccc(C(=O)N(CCCNC[C@@H](O)c3ccc(O)c4[nH]c(=O)ccc34)CC3CCOCC3)cc2)c1. The van der Waals surface area contributed by atoms with Crippen molar-refractivity contribution in [3.05, 3.63) is 141 Å². The van der Waals surface area contributed by atoms with Gasteiger partial charge < -0.3 is 45.3 Å². The molecule has 2 heterocycles. The number of fused-ring (bicyclic) bond motifs is 1. The number of rotatable bonds is 16. The fourth-order valence-corrected chi connectivity index (χ4v) is 6.81. The van der Waals surface area contributed by atoms with Gasteiger partial charge in [0.15, 0.2) is 0 Å². The molecule has 0 spiro atoms. The van der Waals surface area contributed by atoms with Crippen LogP contribution in [0.2, 0.25) is 0 Å². The van der Waals surface area contributed by atoms with E-state index in [1.165, 1.54) is 12.1 Å². The highest BCUT2D eigenvalue weighted by atomic mass is 16.5. The Morgan fingerprint density at radius 1 is 0.926 bits per heavy atom. The van der Waals surface area contributed by atoms with Crippen LogP contribution in [0, 0.1) is 5.92 Å². The van der Waals surface area contributed by atoms with E-state index in [1.54, 1.807) is 12.1 Å². The third-order valence-corrected chi connectivity index (χ3v) is 9.69. The molecule has 5 aromatic rings. The second kappa shape index (κ2) is 18.4. The highest BCUT2D eigenvalue weighted by Crippen LogP contribution is 2.29. The number of aliphatic hydroxyl groups excluding tert-OH is 1. The largest absolute Gasteiger partial charge is 0.506 e. The molecule has 12 heteroatoms. The molecule has 2 amide bonds. The second-order valence-electron chi connectivity index (χ2n) is 13.5. The summed E-state index contributed by atoms with van der Waals surface area (Å²) in [4.78, 5) is 41.7. The Labute approximate surface area is 313 Å². The van der Waals surface area contributed by atoms with Crippen molar-refractivity contribution in [2.24, 2.45) is 5.92 Å². The summed E-state index contributed by atoms with van der Waals surface area (Å²) in [5, 5.41) is 37.0. The molecule has 6 N–H and O–H groups in total. The number of H-pyrrole nitrogens is 1. The lowest BCUT2D eigenvalue weighted by molar-refractivity contribution is 0.0456. The quantitative estimate of drug-likeness (QED) is 0.0690.